The van der Waals surface area contributed by atoms with E-state index in [1.165, 1.54) is 0 Å². The van der Waals surface area contributed by atoms with Gasteiger partial charge in [-0.1, -0.05) is 0 Å². The number of rotatable bonds is 4. The Morgan fingerprint density at radius 2 is 2.38 bits per heavy atom. The number of nitrogens with one attached hydrogen (secondary N) is 1. The van der Waals surface area contributed by atoms with Crippen LogP contribution in [0.15, 0.2) is 18.2 Å². The molecule has 1 amide bonds. The number of hydrogen-bond acceptors (Lipinski definition) is 5. The van der Waals surface area contributed by atoms with E-state index in [9.17, 15) is 24.4 Å². The Kier molecular flexibility index (Phi) is 4.19. The lowest BCUT2D eigenvalue weighted by atomic mass is 9.96. The van der Waals surface area contributed by atoms with Crippen LogP contribution in [-0.2, 0) is 4.74 Å². The number of nitro benzene ring substituents is 1. The van der Waals surface area contributed by atoms with Crippen molar-refractivity contribution in [3.8, 4) is 0 Å². The first-order chi connectivity index (χ1) is 9.83. The molecule has 2 unspecified atom stereocenters. The van der Waals surface area contributed by atoms with E-state index in [2.05, 4.69) is 5.32 Å². The van der Waals surface area contributed by atoms with Gasteiger partial charge >= 0.3 is 5.69 Å². The van der Waals surface area contributed by atoms with Crippen LogP contribution >= 0.6 is 0 Å². The third-order valence-corrected chi connectivity index (χ3v) is 3.62. The summed E-state index contributed by atoms with van der Waals surface area (Å²) >= 11 is 0. The second kappa shape index (κ2) is 5.74. The number of nitrogens with zero attached hydrogens (tertiary/aromatic N) is 1. The Morgan fingerprint density at radius 1 is 1.67 bits per heavy atom. The Balaban J connectivity index is 2.04. The van der Waals surface area contributed by atoms with Crippen LogP contribution in [0.25, 0.3) is 0 Å². The lowest BCUT2D eigenvalue weighted by Crippen LogP contribution is -2.47. The third kappa shape index (κ3) is 3.17. The molecule has 1 aromatic rings. The predicted octanol–water partition coefficient (Wildman–Crippen LogP) is 1.00. The number of carbonyl (C=O) groups excluding carboxylic acids is 1. The average molecular weight is 298 g/mol. The van der Waals surface area contributed by atoms with Gasteiger partial charge in [0.05, 0.1) is 11.0 Å². The molecule has 2 N–H and O–H groups in total. The van der Waals surface area contributed by atoms with E-state index >= 15 is 0 Å². The number of halogens is 1. The molecule has 0 aromatic heterocycles. The molecule has 1 aromatic carbocycles. The van der Waals surface area contributed by atoms with Crippen molar-refractivity contribution in [2.45, 2.75) is 25.0 Å². The van der Waals surface area contributed by atoms with Crippen molar-refractivity contribution in [3.05, 3.63) is 39.7 Å². The highest BCUT2D eigenvalue weighted by molar-refractivity contribution is 5.94. The molecule has 0 spiro atoms. The van der Waals surface area contributed by atoms with Gasteiger partial charge in [-0.05, 0) is 19.1 Å². The van der Waals surface area contributed by atoms with Gasteiger partial charge in [0.2, 0.25) is 5.82 Å². The summed E-state index contributed by atoms with van der Waals surface area (Å²) in [5.41, 5.74) is -1.90. The van der Waals surface area contributed by atoms with Gasteiger partial charge in [0, 0.05) is 31.2 Å². The van der Waals surface area contributed by atoms with Crippen molar-refractivity contribution in [2.24, 2.45) is 0 Å². The van der Waals surface area contributed by atoms with E-state index in [4.69, 9.17) is 4.74 Å². The molecule has 0 radical (unpaired) electrons. The monoisotopic (exact) mass is 298 g/mol. The molecular formula is C13H15FN2O5. The van der Waals surface area contributed by atoms with E-state index in [0.717, 1.165) is 18.2 Å². The van der Waals surface area contributed by atoms with E-state index in [-0.39, 0.29) is 12.1 Å². The minimum atomic E-state index is -1.16. The van der Waals surface area contributed by atoms with Gasteiger partial charge in [0.25, 0.3) is 5.91 Å². The standard InChI is InChI=1S/C13H15FN2O5/c1-8-13(18,4-5-21-8)7-15-12(17)9-2-3-11(16(19)20)10(14)6-9/h2-3,6,8,18H,4-5,7H2,1H3,(H,15,17). The van der Waals surface area contributed by atoms with Gasteiger partial charge in [-0.25, -0.2) is 0 Å². The highest BCUT2D eigenvalue weighted by atomic mass is 19.1. The molecule has 1 saturated heterocycles. The van der Waals surface area contributed by atoms with Gasteiger partial charge < -0.3 is 15.2 Å². The van der Waals surface area contributed by atoms with Gasteiger partial charge in [-0.3, -0.25) is 14.9 Å². The number of benzene rings is 1. The molecule has 114 valence electrons. The van der Waals surface area contributed by atoms with Crippen LogP contribution in [0.3, 0.4) is 0 Å². The van der Waals surface area contributed by atoms with E-state index in [1.54, 1.807) is 6.92 Å². The minimum Gasteiger partial charge on any atom is -0.385 e. The predicted molar refractivity (Wildman–Crippen MR) is 70.4 cm³/mol. The number of ether oxygens (including phenoxy) is 1. The summed E-state index contributed by atoms with van der Waals surface area (Å²) in [6.45, 7) is 2.07. The number of nitro groups is 1. The molecule has 2 atom stereocenters. The Hall–Kier alpha value is -2.06. The molecule has 0 aliphatic carbocycles. The highest BCUT2D eigenvalue weighted by Gasteiger charge is 2.39. The number of amides is 1. The van der Waals surface area contributed by atoms with Crippen molar-refractivity contribution >= 4 is 11.6 Å². The van der Waals surface area contributed by atoms with E-state index < -0.39 is 34.0 Å². The maximum atomic E-state index is 13.4. The summed E-state index contributed by atoms with van der Waals surface area (Å²) in [7, 11) is 0. The lowest BCUT2D eigenvalue weighted by Gasteiger charge is -2.26. The zero-order chi connectivity index (χ0) is 15.6. The summed E-state index contributed by atoms with van der Waals surface area (Å²) in [6, 6.07) is 2.89. The molecule has 1 aliphatic heterocycles. The van der Waals surface area contributed by atoms with Crippen molar-refractivity contribution < 1.29 is 24.0 Å². The Morgan fingerprint density at radius 3 is 2.90 bits per heavy atom. The van der Waals surface area contributed by atoms with E-state index in [0.29, 0.717) is 13.0 Å². The Bertz CT molecular complexity index is 580. The van der Waals surface area contributed by atoms with Gasteiger partial charge in [0.1, 0.15) is 5.60 Å². The first-order valence-electron chi connectivity index (χ1n) is 6.39. The largest absolute Gasteiger partial charge is 0.385 e. The second-order valence-electron chi connectivity index (χ2n) is 4.97. The maximum Gasteiger partial charge on any atom is 0.304 e. The quantitative estimate of drug-likeness (QED) is 0.638. The fraction of sp³-hybridized carbons (Fsp3) is 0.462. The van der Waals surface area contributed by atoms with Crippen molar-refractivity contribution in [2.75, 3.05) is 13.2 Å². The fourth-order valence-corrected chi connectivity index (χ4v) is 2.13. The molecule has 0 saturated carbocycles. The minimum absolute atomic E-state index is 0.0361. The van der Waals surface area contributed by atoms with Crippen LogP contribution < -0.4 is 5.32 Å². The number of hydrogen-bond donors (Lipinski definition) is 2. The van der Waals surface area contributed by atoms with Crippen molar-refractivity contribution in [1.82, 2.24) is 5.32 Å². The molecule has 2 rings (SSSR count). The Labute approximate surface area is 119 Å². The van der Waals surface area contributed by atoms with Gasteiger partial charge in [-0.2, -0.15) is 4.39 Å². The topological polar surface area (TPSA) is 102 Å². The number of carbonyl (C=O) groups is 1. The molecular weight excluding hydrogens is 283 g/mol. The molecule has 1 aliphatic rings. The van der Waals surface area contributed by atoms with Crippen LogP contribution in [0.4, 0.5) is 10.1 Å². The summed E-state index contributed by atoms with van der Waals surface area (Å²) in [6.07, 6.45) is -0.0188. The van der Waals surface area contributed by atoms with Crippen LogP contribution in [0.5, 0.6) is 0 Å². The van der Waals surface area contributed by atoms with Crippen LogP contribution in [0.2, 0.25) is 0 Å². The average Bonchev–Trinajstić information content (AvgIpc) is 2.76. The van der Waals surface area contributed by atoms with Gasteiger partial charge in [0.15, 0.2) is 0 Å². The van der Waals surface area contributed by atoms with Crippen LogP contribution in [0.1, 0.15) is 23.7 Å². The van der Waals surface area contributed by atoms with Crippen LogP contribution in [0, 0.1) is 15.9 Å². The first-order valence-corrected chi connectivity index (χ1v) is 6.39. The summed E-state index contributed by atoms with van der Waals surface area (Å²) < 4.78 is 18.7. The van der Waals surface area contributed by atoms with E-state index in [1.807, 2.05) is 0 Å². The second-order valence-corrected chi connectivity index (χ2v) is 4.97. The molecule has 21 heavy (non-hydrogen) atoms. The highest BCUT2D eigenvalue weighted by Crippen LogP contribution is 2.25. The van der Waals surface area contributed by atoms with Crippen molar-refractivity contribution in [3.63, 3.8) is 0 Å². The molecule has 8 heteroatoms. The molecule has 7 nitrogen and oxygen atoms in total. The van der Waals surface area contributed by atoms with Crippen LogP contribution in [-0.4, -0.2) is 40.8 Å². The molecule has 1 heterocycles. The van der Waals surface area contributed by atoms with Gasteiger partial charge in [-0.15, -0.1) is 0 Å². The zero-order valence-electron chi connectivity index (χ0n) is 11.3. The maximum absolute atomic E-state index is 13.4. The summed E-state index contributed by atoms with van der Waals surface area (Å²) in [5, 5.41) is 23.2. The SMILES string of the molecule is CC1OCCC1(O)CNC(=O)c1ccc([N+](=O)[O-])c(F)c1. The smallest absolute Gasteiger partial charge is 0.304 e. The molecule has 0 bridgehead atoms. The molecule has 1 fully saturated rings. The third-order valence-electron chi connectivity index (χ3n) is 3.62. The first kappa shape index (κ1) is 15.3. The fourth-order valence-electron chi connectivity index (χ4n) is 2.13. The van der Waals surface area contributed by atoms with Crippen molar-refractivity contribution in [1.29, 1.82) is 0 Å². The summed E-state index contributed by atoms with van der Waals surface area (Å²) in [4.78, 5) is 21.5. The zero-order valence-corrected chi connectivity index (χ0v) is 11.3. The number of aliphatic hydroxyl groups is 1. The normalized spacial score (nSPS) is 24.8. The lowest BCUT2D eigenvalue weighted by molar-refractivity contribution is -0.387. The summed E-state index contributed by atoms with van der Waals surface area (Å²) in [5.74, 6) is -1.69.